The van der Waals surface area contributed by atoms with Gasteiger partial charge in [-0.05, 0) is 54.2 Å². The summed E-state index contributed by atoms with van der Waals surface area (Å²) in [6.45, 7) is 2.54. The number of hydrogen-bond acceptors (Lipinski definition) is 5. The largest absolute Gasteiger partial charge is 0.503 e. The van der Waals surface area contributed by atoms with Crippen molar-refractivity contribution in [3.63, 3.8) is 0 Å². The number of hydrogen-bond donors (Lipinski definition) is 1. The van der Waals surface area contributed by atoms with E-state index in [-0.39, 0.29) is 23.3 Å². The Morgan fingerprint density at radius 3 is 2.72 bits per heavy atom. The van der Waals surface area contributed by atoms with E-state index < -0.39 is 16.6 Å². The van der Waals surface area contributed by atoms with Crippen molar-refractivity contribution < 1.29 is 14.3 Å². The third-order valence-electron chi connectivity index (χ3n) is 6.95. The van der Waals surface area contributed by atoms with Gasteiger partial charge in [0.1, 0.15) is 5.82 Å². The van der Waals surface area contributed by atoms with Crippen LogP contribution in [0.4, 0.5) is 4.39 Å². The molecule has 2 aliphatic heterocycles. The van der Waals surface area contributed by atoms with E-state index in [1.807, 2.05) is 12.1 Å². The average Bonchev–Trinajstić information content (AvgIpc) is 3.56. The lowest BCUT2D eigenvalue weighted by molar-refractivity contribution is 0.0856. The Morgan fingerprint density at radius 1 is 1.12 bits per heavy atom. The van der Waals surface area contributed by atoms with Gasteiger partial charge in [0.2, 0.25) is 5.43 Å². The second-order valence-electron chi connectivity index (χ2n) is 8.96. The van der Waals surface area contributed by atoms with Crippen LogP contribution in [0, 0.1) is 18.2 Å². The molecule has 1 unspecified atom stereocenters. The second kappa shape index (κ2) is 6.72. The van der Waals surface area contributed by atoms with Crippen molar-refractivity contribution in [2.75, 3.05) is 11.6 Å². The minimum atomic E-state index is -0.588. The maximum absolute atomic E-state index is 14.2. The zero-order valence-corrected chi connectivity index (χ0v) is 18.3. The van der Waals surface area contributed by atoms with Gasteiger partial charge in [0.05, 0.1) is 11.5 Å². The first-order chi connectivity index (χ1) is 15.4. The fraction of sp³-hybridized carbons (Fsp3) is 0.280. The summed E-state index contributed by atoms with van der Waals surface area (Å²) < 4.78 is 15.8. The number of Topliss-reactive ketones (excluding diaryl/α,β-unsaturated/α-hetero) is 1. The van der Waals surface area contributed by atoms with Crippen LogP contribution < -0.4 is 10.4 Å². The zero-order valence-electron chi connectivity index (χ0n) is 17.5. The molecule has 3 aromatic rings. The van der Waals surface area contributed by atoms with E-state index in [0.29, 0.717) is 12.3 Å². The van der Waals surface area contributed by atoms with Crippen molar-refractivity contribution in [1.82, 2.24) is 4.68 Å². The lowest BCUT2D eigenvalue weighted by atomic mass is 9.89. The quantitative estimate of drug-likeness (QED) is 0.601. The summed E-state index contributed by atoms with van der Waals surface area (Å²) in [7, 11) is 0. The Balaban J connectivity index is 1.65. The summed E-state index contributed by atoms with van der Waals surface area (Å²) in [5.41, 5.74) is 3.00. The number of ketones is 1. The molecule has 0 bridgehead atoms. The van der Waals surface area contributed by atoms with Gasteiger partial charge in [-0.2, -0.15) is 0 Å². The van der Waals surface area contributed by atoms with E-state index >= 15 is 0 Å². The Morgan fingerprint density at radius 2 is 1.94 bits per heavy atom. The minimum Gasteiger partial charge on any atom is -0.503 e. The first kappa shape index (κ1) is 19.6. The molecule has 1 spiro atoms. The van der Waals surface area contributed by atoms with Crippen molar-refractivity contribution in [2.45, 2.75) is 36.5 Å². The third kappa shape index (κ3) is 2.70. The van der Waals surface area contributed by atoms with Gasteiger partial charge in [-0.3, -0.25) is 19.3 Å². The summed E-state index contributed by atoms with van der Waals surface area (Å²) in [4.78, 5) is 26.6. The standard InChI is InChI=1S/C25H21FN2O3S/c1-14-3-2-4-18-20(17-6-5-16(26)11-15(17)12-32-23(14)18)28-13-25(8-9-25)24(31)21-22(30)19(29)7-10-27(21)28/h2-7,10-11,20,30H,8-9,12-13H2,1H3. The molecule has 6 rings (SSSR count). The highest BCUT2D eigenvalue weighted by Gasteiger charge is 2.56. The van der Waals surface area contributed by atoms with Crippen LogP contribution in [0.1, 0.15) is 51.6 Å². The molecule has 1 N–H and O–H groups in total. The molecule has 7 heteroatoms. The van der Waals surface area contributed by atoms with Crippen LogP contribution in [-0.2, 0) is 5.75 Å². The number of halogens is 1. The summed E-state index contributed by atoms with van der Waals surface area (Å²) in [5, 5.41) is 12.7. The molecule has 1 saturated carbocycles. The van der Waals surface area contributed by atoms with E-state index in [0.717, 1.165) is 40.0 Å². The highest BCUT2D eigenvalue weighted by molar-refractivity contribution is 7.98. The maximum Gasteiger partial charge on any atom is 0.224 e. The molecule has 1 fully saturated rings. The molecule has 2 aromatic carbocycles. The molecule has 0 amide bonds. The van der Waals surface area contributed by atoms with Crippen LogP contribution in [0.25, 0.3) is 0 Å². The van der Waals surface area contributed by atoms with Gasteiger partial charge in [0, 0.05) is 29.5 Å². The van der Waals surface area contributed by atoms with Gasteiger partial charge >= 0.3 is 0 Å². The minimum absolute atomic E-state index is 0.0519. The number of thioether (sulfide) groups is 1. The van der Waals surface area contributed by atoms with Crippen molar-refractivity contribution in [1.29, 1.82) is 0 Å². The number of aromatic nitrogens is 1. The van der Waals surface area contributed by atoms with E-state index in [4.69, 9.17) is 0 Å². The number of benzene rings is 2. The first-order valence-electron chi connectivity index (χ1n) is 10.7. The Labute approximate surface area is 188 Å². The Bertz CT molecular complexity index is 1360. The predicted molar refractivity (Wildman–Crippen MR) is 120 cm³/mol. The second-order valence-corrected chi connectivity index (χ2v) is 9.94. The van der Waals surface area contributed by atoms with Crippen LogP contribution in [-0.4, -0.2) is 22.1 Å². The molecule has 3 aliphatic rings. The van der Waals surface area contributed by atoms with E-state index in [1.165, 1.54) is 12.1 Å². The summed E-state index contributed by atoms with van der Waals surface area (Å²) in [6, 6.07) is 12.0. The number of rotatable bonds is 1. The summed E-state index contributed by atoms with van der Waals surface area (Å²) >= 11 is 1.69. The van der Waals surface area contributed by atoms with Gasteiger partial charge in [0.25, 0.3) is 0 Å². The van der Waals surface area contributed by atoms with Gasteiger partial charge in [-0.15, -0.1) is 11.8 Å². The van der Waals surface area contributed by atoms with E-state index in [1.54, 1.807) is 28.7 Å². The van der Waals surface area contributed by atoms with E-state index in [9.17, 15) is 19.1 Å². The Hall–Kier alpha value is -3.06. The lowest BCUT2D eigenvalue weighted by Crippen LogP contribution is -2.51. The smallest absolute Gasteiger partial charge is 0.224 e. The number of carbonyl (C=O) groups excluding carboxylic acids is 1. The van der Waals surface area contributed by atoms with Crippen LogP contribution in [0.3, 0.4) is 0 Å². The monoisotopic (exact) mass is 448 g/mol. The fourth-order valence-corrected chi connectivity index (χ4v) is 6.29. The molecular formula is C25H21FN2O3S. The number of fused-ring (bicyclic) bond motifs is 3. The SMILES string of the molecule is Cc1cccc2c1SCc1cc(F)ccc1C2N1CC2(CC2)C(=O)c2c(O)c(=O)ccn21. The highest BCUT2D eigenvalue weighted by Crippen LogP contribution is 2.54. The van der Waals surface area contributed by atoms with Gasteiger partial charge in [0.15, 0.2) is 17.2 Å². The van der Waals surface area contributed by atoms with Crippen LogP contribution >= 0.6 is 11.8 Å². The number of aromatic hydroxyl groups is 1. The van der Waals surface area contributed by atoms with Crippen molar-refractivity contribution >= 4 is 17.5 Å². The number of nitrogens with zero attached hydrogens (tertiary/aromatic N) is 2. The molecule has 0 saturated heterocycles. The Kier molecular flexibility index (Phi) is 4.12. The predicted octanol–water partition coefficient (Wildman–Crippen LogP) is 4.31. The lowest BCUT2D eigenvalue weighted by Gasteiger charge is -2.43. The zero-order chi connectivity index (χ0) is 22.2. The molecule has 1 aliphatic carbocycles. The maximum atomic E-state index is 14.2. The molecule has 1 aromatic heterocycles. The molecule has 1 atom stereocenters. The molecular weight excluding hydrogens is 427 g/mol. The summed E-state index contributed by atoms with van der Waals surface area (Å²) in [6.07, 6.45) is 3.02. The van der Waals surface area contributed by atoms with Crippen molar-refractivity contribution in [2.24, 2.45) is 5.41 Å². The first-order valence-corrected chi connectivity index (χ1v) is 11.7. The molecule has 5 nitrogen and oxygen atoms in total. The fourth-order valence-electron chi connectivity index (χ4n) is 5.10. The van der Waals surface area contributed by atoms with Gasteiger partial charge < -0.3 is 5.11 Å². The molecule has 3 heterocycles. The molecule has 162 valence electrons. The molecule has 32 heavy (non-hydrogen) atoms. The molecule has 0 radical (unpaired) electrons. The highest BCUT2D eigenvalue weighted by atomic mass is 32.2. The number of aryl methyl sites for hydroxylation is 1. The van der Waals surface area contributed by atoms with Crippen molar-refractivity contribution in [3.05, 3.63) is 92.6 Å². The van der Waals surface area contributed by atoms with Crippen LogP contribution in [0.15, 0.2) is 58.4 Å². The third-order valence-corrected chi connectivity index (χ3v) is 8.25. The number of carbonyl (C=O) groups is 1. The normalized spacial score (nSPS) is 20.4. The summed E-state index contributed by atoms with van der Waals surface area (Å²) in [5.74, 6) is -0.308. The van der Waals surface area contributed by atoms with E-state index in [2.05, 4.69) is 24.1 Å². The average molecular weight is 449 g/mol. The van der Waals surface area contributed by atoms with Crippen LogP contribution in [0.2, 0.25) is 0 Å². The van der Waals surface area contributed by atoms with Crippen LogP contribution in [0.5, 0.6) is 5.75 Å². The van der Waals surface area contributed by atoms with Gasteiger partial charge in [-0.25, -0.2) is 4.39 Å². The van der Waals surface area contributed by atoms with Gasteiger partial charge in [-0.1, -0.05) is 24.3 Å². The topological polar surface area (TPSA) is 62.5 Å². The number of pyridine rings is 1. The van der Waals surface area contributed by atoms with Crippen molar-refractivity contribution in [3.8, 4) is 5.75 Å².